The minimum atomic E-state index is -0.231. The van der Waals surface area contributed by atoms with E-state index in [4.69, 9.17) is 4.74 Å². The number of rotatable bonds is 2. The van der Waals surface area contributed by atoms with Gasteiger partial charge in [0.25, 0.3) is 0 Å². The summed E-state index contributed by atoms with van der Waals surface area (Å²) in [5, 5.41) is 4.51. The van der Waals surface area contributed by atoms with E-state index in [2.05, 4.69) is 15.0 Å². The smallest absolute Gasteiger partial charge is 0.409 e. The highest BCUT2D eigenvalue weighted by Crippen LogP contribution is 2.14. The summed E-state index contributed by atoms with van der Waals surface area (Å²) < 4.78 is 6.77. The van der Waals surface area contributed by atoms with Crippen molar-refractivity contribution in [3.8, 4) is 0 Å². The largest absolute Gasteiger partial charge is 0.450 e. The third-order valence-electron chi connectivity index (χ3n) is 3.37. The van der Waals surface area contributed by atoms with Crippen molar-refractivity contribution in [2.24, 2.45) is 0 Å². The summed E-state index contributed by atoms with van der Waals surface area (Å²) in [5.41, 5.74) is 0.832. The molecule has 0 bridgehead atoms. The van der Waals surface area contributed by atoms with Crippen LogP contribution in [0.3, 0.4) is 0 Å². The fourth-order valence-corrected chi connectivity index (χ4v) is 2.31. The van der Waals surface area contributed by atoms with E-state index in [0.29, 0.717) is 19.7 Å². The predicted molar refractivity (Wildman–Crippen MR) is 73.8 cm³/mol. The molecular weight excluding hydrogens is 258 g/mol. The van der Waals surface area contributed by atoms with Crippen molar-refractivity contribution in [1.29, 1.82) is 0 Å². The van der Waals surface area contributed by atoms with Gasteiger partial charge >= 0.3 is 6.09 Å². The normalized spacial score (nSPS) is 15.7. The first kappa shape index (κ1) is 12.7. The number of hydrogen-bond acceptors (Lipinski definition) is 5. The summed E-state index contributed by atoms with van der Waals surface area (Å²) in [6, 6.07) is 3.91. The van der Waals surface area contributed by atoms with Crippen molar-refractivity contribution >= 4 is 17.6 Å². The second-order valence-electron chi connectivity index (χ2n) is 4.59. The molecule has 106 valence electrons. The van der Waals surface area contributed by atoms with Gasteiger partial charge in [0, 0.05) is 38.6 Å². The number of carbonyl (C=O) groups is 1. The number of aromatic nitrogens is 3. The summed E-state index contributed by atoms with van der Waals surface area (Å²) in [6.45, 7) is 5.05. The first-order chi connectivity index (χ1) is 9.78. The van der Waals surface area contributed by atoms with Crippen molar-refractivity contribution in [2.45, 2.75) is 6.92 Å². The Hall–Kier alpha value is -2.31. The van der Waals surface area contributed by atoms with Crippen molar-refractivity contribution in [1.82, 2.24) is 19.5 Å². The molecule has 1 fully saturated rings. The standard InChI is InChI=1S/C13H17N5O2/c1-2-20-13(19)17-9-7-16(8-10-17)12-4-3-11-14-5-6-18(11)15-12/h3-6H,2,7-10H2,1H3. The lowest BCUT2D eigenvalue weighted by Crippen LogP contribution is -2.49. The van der Waals surface area contributed by atoms with Crippen LogP contribution in [0.25, 0.3) is 5.65 Å². The van der Waals surface area contributed by atoms with Gasteiger partial charge in [0.1, 0.15) is 5.82 Å². The molecule has 3 rings (SSSR count). The third kappa shape index (κ3) is 2.38. The Bertz CT molecular complexity index is 604. The zero-order valence-electron chi connectivity index (χ0n) is 11.4. The van der Waals surface area contributed by atoms with Gasteiger partial charge in [0.2, 0.25) is 0 Å². The molecule has 0 unspecified atom stereocenters. The summed E-state index contributed by atoms with van der Waals surface area (Å²) in [4.78, 5) is 19.7. The van der Waals surface area contributed by atoms with Gasteiger partial charge in [-0.15, -0.1) is 5.10 Å². The van der Waals surface area contributed by atoms with Crippen molar-refractivity contribution in [2.75, 3.05) is 37.7 Å². The molecule has 0 saturated carbocycles. The van der Waals surface area contributed by atoms with E-state index in [1.54, 1.807) is 15.6 Å². The summed E-state index contributed by atoms with van der Waals surface area (Å²) in [5.74, 6) is 0.902. The van der Waals surface area contributed by atoms with E-state index in [0.717, 1.165) is 24.6 Å². The average molecular weight is 275 g/mol. The van der Waals surface area contributed by atoms with Crippen LogP contribution in [-0.2, 0) is 4.74 Å². The average Bonchev–Trinajstić information content (AvgIpc) is 2.95. The van der Waals surface area contributed by atoms with E-state index >= 15 is 0 Å². The van der Waals surface area contributed by atoms with Crippen LogP contribution in [-0.4, -0.2) is 58.4 Å². The molecule has 0 aromatic carbocycles. The molecule has 0 spiro atoms. The molecule has 1 saturated heterocycles. The van der Waals surface area contributed by atoms with E-state index in [1.165, 1.54) is 0 Å². The Morgan fingerprint density at radius 1 is 1.30 bits per heavy atom. The number of fused-ring (bicyclic) bond motifs is 1. The van der Waals surface area contributed by atoms with E-state index in [9.17, 15) is 4.79 Å². The maximum atomic E-state index is 11.6. The molecule has 1 aliphatic heterocycles. The Morgan fingerprint density at radius 3 is 2.85 bits per heavy atom. The number of imidazole rings is 1. The van der Waals surface area contributed by atoms with Crippen LogP contribution in [0, 0.1) is 0 Å². The van der Waals surface area contributed by atoms with E-state index in [1.807, 2.05) is 25.3 Å². The third-order valence-corrected chi connectivity index (χ3v) is 3.37. The van der Waals surface area contributed by atoms with Crippen LogP contribution in [0.15, 0.2) is 24.5 Å². The number of nitrogens with zero attached hydrogens (tertiary/aromatic N) is 5. The van der Waals surface area contributed by atoms with Gasteiger partial charge in [-0.25, -0.2) is 14.3 Å². The Balaban J connectivity index is 1.66. The molecule has 1 amide bonds. The maximum absolute atomic E-state index is 11.6. The number of hydrogen-bond donors (Lipinski definition) is 0. The Labute approximate surface area is 116 Å². The first-order valence-electron chi connectivity index (χ1n) is 6.75. The molecule has 0 aliphatic carbocycles. The summed E-state index contributed by atoms with van der Waals surface area (Å²) in [6.07, 6.45) is 3.32. The second-order valence-corrected chi connectivity index (χ2v) is 4.59. The van der Waals surface area contributed by atoms with Crippen LogP contribution in [0.4, 0.5) is 10.6 Å². The number of anilines is 1. The zero-order valence-corrected chi connectivity index (χ0v) is 11.4. The molecule has 0 N–H and O–H groups in total. The quantitative estimate of drug-likeness (QED) is 0.818. The molecule has 3 heterocycles. The molecule has 2 aromatic heterocycles. The fraction of sp³-hybridized carbons (Fsp3) is 0.462. The molecular formula is C13H17N5O2. The first-order valence-corrected chi connectivity index (χ1v) is 6.75. The zero-order chi connectivity index (χ0) is 13.9. The number of ether oxygens (including phenoxy) is 1. The molecule has 20 heavy (non-hydrogen) atoms. The van der Waals surface area contributed by atoms with E-state index < -0.39 is 0 Å². The lowest BCUT2D eigenvalue weighted by Gasteiger charge is -2.34. The monoisotopic (exact) mass is 275 g/mol. The number of piperazine rings is 1. The SMILES string of the molecule is CCOC(=O)N1CCN(c2ccc3nccn3n2)CC1. The van der Waals surface area contributed by atoms with Crippen LogP contribution in [0.2, 0.25) is 0 Å². The van der Waals surface area contributed by atoms with Gasteiger partial charge in [-0.1, -0.05) is 0 Å². The molecule has 7 nitrogen and oxygen atoms in total. The highest BCUT2D eigenvalue weighted by molar-refractivity contribution is 5.68. The predicted octanol–water partition coefficient (Wildman–Crippen LogP) is 1.01. The lowest BCUT2D eigenvalue weighted by molar-refractivity contribution is 0.105. The van der Waals surface area contributed by atoms with Crippen LogP contribution < -0.4 is 4.90 Å². The van der Waals surface area contributed by atoms with Crippen molar-refractivity contribution in [3.63, 3.8) is 0 Å². The highest BCUT2D eigenvalue weighted by Gasteiger charge is 2.22. The fourth-order valence-electron chi connectivity index (χ4n) is 2.31. The molecule has 0 radical (unpaired) electrons. The van der Waals surface area contributed by atoms with Gasteiger partial charge in [0.05, 0.1) is 6.61 Å². The van der Waals surface area contributed by atoms with Gasteiger partial charge in [-0.2, -0.15) is 0 Å². The maximum Gasteiger partial charge on any atom is 0.409 e. The highest BCUT2D eigenvalue weighted by atomic mass is 16.6. The minimum absolute atomic E-state index is 0.231. The second kappa shape index (κ2) is 5.36. The van der Waals surface area contributed by atoms with Crippen molar-refractivity contribution in [3.05, 3.63) is 24.5 Å². The Kier molecular flexibility index (Phi) is 3.41. The molecule has 1 aliphatic rings. The van der Waals surface area contributed by atoms with Gasteiger partial charge < -0.3 is 14.5 Å². The molecule has 0 atom stereocenters. The number of amides is 1. The summed E-state index contributed by atoms with van der Waals surface area (Å²) >= 11 is 0. The lowest BCUT2D eigenvalue weighted by atomic mass is 10.3. The summed E-state index contributed by atoms with van der Waals surface area (Å²) in [7, 11) is 0. The molecule has 7 heteroatoms. The Morgan fingerprint density at radius 2 is 2.10 bits per heavy atom. The number of carbonyl (C=O) groups excluding carboxylic acids is 1. The van der Waals surface area contributed by atoms with Crippen LogP contribution >= 0.6 is 0 Å². The van der Waals surface area contributed by atoms with Crippen LogP contribution in [0.5, 0.6) is 0 Å². The van der Waals surface area contributed by atoms with Gasteiger partial charge in [-0.05, 0) is 19.1 Å². The van der Waals surface area contributed by atoms with E-state index in [-0.39, 0.29) is 6.09 Å². The topological polar surface area (TPSA) is 63.0 Å². The minimum Gasteiger partial charge on any atom is -0.450 e. The van der Waals surface area contributed by atoms with Crippen LogP contribution in [0.1, 0.15) is 6.92 Å². The van der Waals surface area contributed by atoms with Gasteiger partial charge in [-0.3, -0.25) is 0 Å². The van der Waals surface area contributed by atoms with Gasteiger partial charge in [0.15, 0.2) is 5.65 Å². The molecule has 2 aromatic rings. The van der Waals surface area contributed by atoms with Crippen molar-refractivity contribution < 1.29 is 9.53 Å².